The molecule has 0 saturated heterocycles. The Bertz CT molecular complexity index is 1190. The lowest BCUT2D eigenvalue weighted by Crippen LogP contribution is -2.26. The Balaban J connectivity index is 1.52. The Labute approximate surface area is 187 Å². The van der Waals surface area contributed by atoms with E-state index >= 15 is 0 Å². The third kappa shape index (κ3) is 4.11. The summed E-state index contributed by atoms with van der Waals surface area (Å²) >= 11 is 1.65. The average molecular weight is 434 g/mol. The van der Waals surface area contributed by atoms with Crippen LogP contribution in [-0.2, 0) is 6.54 Å². The summed E-state index contributed by atoms with van der Waals surface area (Å²) in [7, 11) is 0. The zero-order valence-electron chi connectivity index (χ0n) is 18.1. The summed E-state index contributed by atoms with van der Waals surface area (Å²) in [6.07, 6.45) is 5.02. The molecule has 160 valence electrons. The van der Waals surface area contributed by atoms with Gasteiger partial charge >= 0.3 is 0 Å². The number of rotatable bonds is 5. The van der Waals surface area contributed by atoms with Crippen molar-refractivity contribution in [2.45, 2.75) is 52.1 Å². The molecule has 1 aliphatic carbocycles. The molecule has 1 fully saturated rings. The maximum atomic E-state index is 14.2. The van der Waals surface area contributed by atoms with E-state index < -0.39 is 0 Å². The van der Waals surface area contributed by atoms with Gasteiger partial charge in [0, 0.05) is 40.1 Å². The van der Waals surface area contributed by atoms with Crippen LogP contribution in [0.15, 0.2) is 53.9 Å². The second-order valence-corrected chi connectivity index (χ2v) is 9.70. The number of anilines is 1. The monoisotopic (exact) mass is 433 g/mol. The van der Waals surface area contributed by atoms with Crippen LogP contribution in [0.1, 0.15) is 43.9 Å². The van der Waals surface area contributed by atoms with Gasteiger partial charge < -0.3 is 9.88 Å². The highest BCUT2D eigenvalue weighted by atomic mass is 32.1. The molecule has 2 aromatic carbocycles. The van der Waals surface area contributed by atoms with E-state index in [1.165, 1.54) is 31.2 Å². The summed E-state index contributed by atoms with van der Waals surface area (Å²) in [5.74, 6) is 0.558. The molecular formula is C26H28FN3S. The molecule has 2 heterocycles. The largest absolute Gasteiger partial charge is 0.359 e. The number of hydrogen-bond donors (Lipinski definition) is 1. The Hall–Kier alpha value is -2.66. The lowest BCUT2D eigenvalue weighted by molar-refractivity contribution is 0.358. The van der Waals surface area contributed by atoms with Gasteiger partial charge in [0.15, 0.2) is 5.13 Å². The fourth-order valence-electron chi connectivity index (χ4n) is 4.94. The van der Waals surface area contributed by atoms with Crippen molar-refractivity contribution in [1.29, 1.82) is 0 Å². The average Bonchev–Trinajstić information content (AvgIpc) is 3.31. The fraction of sp³-hybridized carbons (Fsp3) is 0.346. The van der Waals surface area contributed by atoms with Gasteiger partial charge in [-0.1, -0.05) is 50.1 Å². The van der Waals surface area contributed by atoms with Crippen LogP contribution in [0.25, 0.3) is 22.2 Å². The molecule has 0 spiro atoms. The zero-order chi connectivity index (χ0) is 21.4. The third-order valence-corrected chi connectivity index (χ3v) is 7.27. The first-order valence-electron chi connectivity index (χ1n) is 11.1. The molecule has 1 N–H and O–H groups in total. The summed E-state index contributed by atoms with van der Waals surface area (Å²) in [6, 6.07) is 16.0. The minimum absolute atomic E-state index is 0.213. The smallest absolute Gasteiger partial charge is 0.183 e. The van der Waals surface area contributed by atoms with Gasteiger partial charge in [-0.2, -0.15) is 0 Å². The van der Waals surface area contributed by atoms with E-state index in [0.29, 0.717) is 6.04 Å². The summed E-state index contributed by atoms with van der Waals surface area (Å²) in [5, 5.41) is 7.65. The van der Waals surface area contributed by atoms with Crippen LogP contribution in [0, 0.1) is 18.7 Å². The second kappa shape index (κ2) is 8.46. The maximum Gasteiger partial charge on any atom is 0.183 e. The second-order valence-electron chi connectivity index (χ2n) is 8.84. The number of hydrogen-bond acceptors (Lipinski definition) is 3. The summed E-state index contributed by atoms with van der Waals surface area (Å²) in [4.78, 5) is 4.93. The van der Waals surface area contributed by atoms with E-state index in [1.54, 1.807) is 23.5 Å². The minimum Gasteiger partial charge on any atom is -0.359 e. The molecule has 2 unspecified atom stereocenters. The lowest BCUT2D eigenvalue weighted by Gasteiger charge is -2.27. The van der Waals surface area contributed by atoms with Crippen LogP contribution in [0.2, 0.25) is 0 Å². The van der Waals surface area contributed by atoms with Gasteiger partial charge in [0.05, 0.1) is 5.69 Å². The third-order valence-electron chi connectivity index (χ3n) is 6.49. The SMILES string of the molecule is Cc1c(-c2csc(NC3CCCC(C)C3)n2)c2cc(F)ccc2n1Cc1ccccc1. The molecule has 3 nitrogen and oxygen atoms in total. The van der Waals surface area contributed by atoms with E-state index in [4.69, 9.17) is 4.98 Å². The molecule has 4 aromatic rings. The maximum absolute atomic E-state index is 14.2. The molecule has 0 radical (unpaired) electrons. The van der Waals surface area contributed by atoms with E-state index in [2.05, 4.69) is 53.4 Å². The van der Waals surface area contributed by atoms with Gasteiger partial charge in [-0.3, -0.25) is 0 Å². The molecule has 0 amide bonds. The normalized spacial score (nSPS) is 19.1. The van der Waals surface area contributed by atoms with E-state index in [-0.39, 0.29) is 5.82 Å². The summed E-state index contributed by atoms with van der Waals surface area (Å²) < 4.78 is 16.5. The van der Waals surface area contributed by atoms with Crippen LogP contribution in [-0.4, -0.2) is 15.6 Å². The highest BCUT2D eigenvalue weighted by Gasteiger charge is 2.22. The minimum atomic E-state index is -0.213. The van der Waals surface area contributed by atoms with Crippen molar-refractivity contribution in [1.82, 2.24) is 9.55 Å². The number of nitrogens with one attached hydrogen (secondary N) is 1. The first-order valence-corrected chi connectivity index (χ1v) is 12.0. The molecule has 1 saturated carbocycles. The van der Waals surface area contributed by atoms with Crippen molar-refractivity contribution in [3.8, 4) is 11.3 Å². The van der Waals surface area contributed by atoms with Gasteiger partial charge in [-0.05, 0) is 49.4 Å². The van der Waals surface area contributed by atoms with Crippen molar-refractivity contribution >= 4 is 27.4 Å². The molecule has 0 bridgehead atoms. The number of thiazole rings is 1. The highest BCUT2D eigenvalue weighted by molar-refractivity contribution is 7.14. The van der Waals surface area contributed by atoms with Crippen LogP contribution in [0.3, 0.4) is 0 Å². The van der Waals surface area contributed by atoms with Crippen LogP contribution in [0.5, 0.6) is 0 Å². The zero-order valence-corrected chi connectivity index (χ0v) is 18.9. The number of fused-ring (bicyclic) bond motifs is 1. The molecule has 31 heavy (non-hydrogen) atoms. The quantitative estimate of drug-likeness (QED) is 0.359. The van der Waals surface area contributed by atoms with Gasteiger partial charge in [0.2, 0.25) is 0 Å². The molecule has 0 aliphatic heterocycles. The van der Waals surface area contributed by atoms with Crippen molar-refractivity contribution in [2.24, 2.45) is 5.92 Å². The molecule has 1 aliphatic rings. The first-order chi connectivity index (χ1) is 15.1. The Morgan fingerprint density at radius 3 is 2.81 bits per heavy atom. The molecule has 5 rings (SSSR count). The standard InChI is InChI=1S/C26H28FN3S/c1-17-7-6-10-21(13-17)28-26-29-23(16-31-26)25-18(2)30(15-19-8-4-3-5-9-19)24-12-11-20(27)14-22(24)25/h3-5,8-9,11-12,14,16-17,21H,6-7,10,13,15H2,1-2H3,(H,28,29). The Kier molecular flexibility index (Phi) is 5.53. The lowest BCUT2D eigenvalue weighted by atomic mass is 9.87. The number of nitrogens with zero attached hydrogens (tertiary/aromatic N) is 2. The molecule has 2 aromatic heterocycles. The summed E-state index contributed by atoms with van der Waals surface area (Å²) in [6.45, 7) is 5.20. The van der Waals surface area contributed by atoms with Crippen LogP contribution < -0.4 is 5.32 Å². The van der Waals surface area contributed by atoms with Crippen molar-refractivity contribution in [2.75, 3.05) is 5.32 Å². The van der Waals surface area contributed by atoms with Gasteiger partial charge in [-0.25, -0.2) is 9.37 Å². The Morgan fingerprint density at radius 2 is 2.00 bits per heavy atom. The predicted molar refractivity (Wildman–Crippen MR) is 128 cm³/mol. The van der Waals surface area contributed by atoms with Gasteiger partial charge in [0.1, 0.15) is 5.82 Å². The first kappa shape index (κ1) is 20.3. The van der Waals surface area contributed by atoms with Crippen molar-refractivity contribution in [3.63, 3.8) is 0 Å². The highest BCUT2D eigenvalue weighted by Crippen LogP contribution is 2.37. The topological polar surface area (TPSA) is 29.9 Å². The van der Waals surface area contributed by atoms with Crippen LogP contribution >= 0.6 is 11.3 Å². The predicted octanol–water partition coefficient (Wildman–Crippen LogP) is 7.25. The molecule has 5 heteroatoms. The number of halogens is 1. The van der Waals surface area contributed by atoms with E-state index in [0.717, 1.165) is 45.4 Å². The van der Waals surface area contributed by atoms with E-state index in [1.807, 2.05) is 12.1 Å². The van der Waals surface area contributed by atoms with Gasteiger partial charge in [0.25, 0.3) is 0 Å². The van der Waals surface area contributed by atoms with Crippen molar-refractivity contribution < 1.29 is 4.39 Å². The fourth-order valence-corrected chi connectivity index (χ4v) is 5.72. The molecule has 2 atom stereocenters. The van der Waals surface area contributed by atoms with Crippen molar-refractivity contribution in [3.05, 3.63) is 71.0 Å². The van der Waals surface area contributed by atoms with Gasteiger partial charge in [-0.15, -0.1) is 11.3 Å². The van der Waals surface area contributed by atoms with E-state index in [9.17, 15) is 4.39 Å². The van der Waals surface area contributed by atoms with Crippen LogP contribution in [0.4, 0.5) is 9.52 Å². The summed E-state index contributed by atoms with van der Waals surface area (Å²) in [5.41, 5.74) is 5.35. The Morgan fingerprint density at radius 1 is 1.16 bits per heavy atom. The number of benzene rings is 2. The number of aromatic nitrogens is 2. The molecular weight excluding hydrogens is 405 g/mol.